The van der Waals surface area contributed by atoms with E-state index < -0.39 is 11.4 Å². The molecule has 0 radical (unpaired) electrons. The molecule has 10 heteroatoms. The molecule has 2 fully saturated rings. The third-order valence-electron chi connectivity index (χ3n) is 7.85. The van der Waals surface area contributed by atoms with Crippen molar-refractivity contribution in [3.05, 3.63) is 58.6 Å². The maximum absolute atomic E-state index is 13.0. The molecular weight excluding hydrogens is 610 g/mol. The fourth-order valence-electron chi connectivity index (χ4n) is 6.04. The number of hydrogen-bond acceptors (Lipinski definition) is 7. The molecule has 1 aliphatic carbocycles. The van der Waals surface area contributed by atoms with Gasteiger partial charge in [-0.05, 0) is 94.6 Å². The van der Waals surface area contributed by atoms with Gasteiger partial charge in [-0.1, -0.05) is 30.3 Å². The predicted octanol–water partition coefficient (Wildman–Crippen LogP) is 5.96. The lowest BCUT2D eigenvalue weighted by atomic mass is 9.96. The van der Waals surface area contributed by atoms with E-state index in [2.05, 4.69) is 65.8 Å². The van der Waals surface area contributed by atoms with Crippen LogP contribution in [0.3, 0.4) is 0 Å². The Hall–Kier alpha value is -2.53. The summed E-state index contributed by atoms with van der Waals surface area (Å²) in [6, 6.07) is 10.9. The highest BCUT2D eigenvalue weighted by atomic mass is 79.9. The van der Waals surface area contributed by atoms with E-state index in [1.807, 2.05) is 38.7 Å². The Morgan fingerprint density at radius 2 is 1.74 bits per heavy atom. The van der Waals surface area contributed by atoms with E-state index in [0.29, 0.717) is 24.4 Å². The van der Waals surface area contributed by atoms with Crippen LogP contribution in [0.15, 0.2) is 47.3 Å². The standard InChI is InChI=1S/C30H40BrN5O2.C3H8O2/c1-21-27-26(31)19-36(28(27)33-20-32-21)25-11-10-23(14-25)15-34-16-24(17-34)18-35(29(37)38-30(2,3)4)13-12-22-8-6-5-7-9-22;1-3(2,4)5/h5-9,19-20,23-25H,10-18H2,1-4H3;4-5H,1-2H3. The Balaban J connectivity index is 0.000000782. The number of nitrogens with zero attached hydrogens (tertiary/aromatic N) is 5. The van der Waals surface area contributed by atoms with Gasteiger partial charge in [-0.2, -0.15) is 0 Å². The summed E-state index contributed by atoms with van der Waals surface area (Å²) in [4.78, 5) is 26.4. The summed E-state index contributed by atoms with van der Waals surface area (Å²) < 4.78 is 9.19. The molecule has 1 aliphatic heterocycles. The summed E-state index contributed by atoms with van der Waals surface area (Å²) in [5, 5.41) is 17.3. The Morgan fingerprint density at radius 3 is 2.40 bits per heavy atom. The van der Waals surface area contributed by atoms with Crippen molar-refractivity contribution in [2.45, 2.75) is 84.7 Å². The van der Waals surface area contributed by atoms with Gasteiger partial charge in [-0.3, -0.25) is 0 Å². The van der Waals surface area contributed by atoms with Crippen molar-refractivity contribution in [2.75, 3.05) is 32.7 Å². The summed E-state index contributed by atoms with van der Waals surface area (Å²) >= 11 is 3.72. The highest BCUT2D eigenvalue weighted by Gasteiger charge is 2.35. The zero-order valence-corrected chi connectivity index (χ0v) is 28.0. The number of carbonyl (C=O) groups is 1. The van der Waals surface area contributed by atoms with Gasteiger partial charge in [-0.25, -0.2) is 14.8 Å². The van der Waals surface area contributed by atoms with Gasteiger partial charge in [0.2, 0.25) is 0 Å². The Kier molecular flexibility index (Phi) is 10.9. The van der Waals surface area contributed by atoms with Crippen LogP contribution in [-0.2, 0) is 11.2 Å². The first-order valence-corrected chi connectivity index (χ1v) is 16.1. The Morgan fingerprint density at radius 1 is 1.07 bits per heavy atom. The third-order valence-corrected chi connectivity index (χ3v) is 8.45. The quantitative estimate of drug-likeness (QED) is 0.288. The molecule has 2 atom stereocenters. The number of aromatic nitrogens is 3. The van der Waals surface area contributed by atoms with Crippen LogP contribution in [0.4, 0.5) is 4.79 Å². The van der Waals surface area contributed by atoms with E-state index in [4.69, 9.17) is 14.9 Å². The van der Waals surface area contributed by atoms with E-state index >= 15 is 0 Å². The highest BCUT2D eigenvalue weighted by molar-refractivity contribution is 9.10. The summed E-state index contributed by atoms with van der Waals surface area (Å²) in [5.41, 5.74) is 2.82. The normalized spacial score (nSPS) is 19.6. The van der Waals surface area contributed by atoms with Crippen LogP contribution in [0.25, 0.3) is 11.0 Å². The molecule has 0 spiro atoms. The number of halogens is 1. The molecule has 2 aromatic heterocycles. The Labute approximate surface area is 264 Å². The summed E-state index contributed by atoms with van der Waals surface area (Å²) in [7, 11) is 0. The topological polar surface area (TPSA) is 104 Å². The van der Waals surface area contributed by atoms with Gasteiger partial charge < -0.3 is 29.3 Å². The number of rotatable bonds is 8. The van der Waals surface area contributed by atoms with Gasteiger partial charge in [0.15, 0.2) is 5.79 Å². The van der Waals surface area contributed by atoms with E-state index in [0.717, 1.165) is 53.8 Å². The second-order valence-electron chi connectivity index (χ2n) is 13.6. The maximum Gasteiger partial charge on any atom is 0.410 e. The minimum Gasteiger partial charge on any atom is -0.444 e. The number of fused-ring (bicyclic) bond motifs is 1. The molecule has 2 N–H and O–H groups in total. The molecule has 1 amide bonds. The summed E-state index contributed by atoms with van der Waals surface area (Å²) in [6.45, 7) is 15.1. The number of hydrogen-bond donors (Lipinski definition) is 2. The van der Waals surface area contributed by atoms with Gasteiger partial charge in [0.25, 0.3) is 0 Å². The third kappa shape index (κ3) is 9.99. The van der Waals surface area contributed by atoms with Crippen molar-refractivity contribution in [3.8, 4) is 0 Å². The molecule has 236 valence electrons. The predicted molar refractivity (Wildman–Crippen MR) is 173 cm³/mol. The molecule has 1 aromatic carbocycles. The van der Waals surface area contributed by atoms with Crippen molar-refractivity contribution in [3.63, 3.8) is 0 Å². The molecule has 3 heterocycles. The van der Waals surface area contributed by atoms with Gasteiger partial charge in [0.1, 0.15) is 17.6 Å². The lowest BCUT2D eigenvalue weighted by Crippen LogP contribution is -2.54. The maximum atomic E-state index is 13.0. The number of aliphatic hydroxyl groups is 2. The van der Waals surface area contributed by atoms with Crippen LogP contribution in [0.2, 0.25) is 0 Å². The largest absolute Gasteiger partial charge is 0.444 e. The van der Waals surface area contributed by atoms with E-state index in [-0.39, 0.29) is 6.09 Å². The molecule has 43 heavy (non-hydrogen) atoms. The second kappa shape index (κ2) is 14.1. The molecular formula is C33H48BrN5O4. The second-order valence-corrected chi connectivity index (χ2v) is 14.5. The Bertz CT molecular complexity index is 1340. The minimum absolute atomic E-state index is 0.199. The van der Waals surface area contributed by atoms with Crippen LogP contribution in [-0.4, -0.2) is 84.8 Å². The van der Waals surface area contributed by atoms with E-state index in [1.54, 1.807) is 6.33 Å². The van der Waals surface area contributed by atoms with Crippen molar-refractivity contribution in [1.82, 2.24) is 24.3 Å². The number of benzene rings is 1. The van der Waals surface area contributed by atoms with E-state index in [1.165, 1.54) is 38.7 Å². The van der Waals surface area contributed by atoms with Crippen LogP contribution in [0.5, 0.6) is 0 Å². The fraction of sp³-hybridized carbons (Fsp3) is 0.606. The number of aryl methyl sites for hydroxylation is 1. The summed E-state index contributed by atoms with van der Waals surface area (Å²) in [6.07, 6.45) is 8.13. The zero-order valence-electron chi connectivity index (χ0n) is 26.5. The number of likely N-dealkylation sites (tertiary alicyclic amines) is 1. The van der Waals surface area contributed by atoms with Crippen molar-refractivity contribution in [2.24, 2.45) is 11.8 Å². The fourth-order valence-corrected chi connectivity index (χ4v) is 6.72. The zero-order chi connectivity index (χ0) is 31.4. The van der Waals surface area contributed by atoms with Crippen LogP contribution in [0.1, 0.15) is 71.2 Å². The first kappa shape index (κ1) is 33.4. The van der Waals surface area contributed by atoms with Gasteiger partial charge in [0.05, 0.1) is 11.1 Å². The molecule has 5 rings (SSSR count). The van der Waals surface area contributed by atoms with Crippen LogP contribution >= 0.6 is 15.9 Å². The number of amides is 1. The lowest BCUT2D eigenvalue weighted by Gasteiger charge is -2.43. The molecule has 1 saturated heterocycles. The minimum atomic E-state index is -1.50. The lowest BCUT2D eigenvalue weighted by molar-refractivity contribution is -0.127. The first-order valence-electron chi connectivity index (χ1n) is 15.3. The SMILES string of the molecule is CC(C)(O)O.Cc1ncnc2c1c(Br)cn2C1CCC(CN2CC(CN(CCc3ccccc3)C(=O)OC(C)(C)C)C2)C1. The smallest absolute Gasteiger partial charge is 0.410 e. The van der Waals surface area contributed by atoms with Gasteiger partial charge in [-0.15, -0.1) is 0 Å². The average Bonchev–Trinajstić information content (AvgIpc) is 3.48. The van der Waals surface area contributed by atoms with Crippen molar-refractivity contribution < 1.29 is 19.7 Å². The van der Waals surface area contributed by atoms with Crippen LogP contribution in [0, 0.1) is 18.8 Å². The molecule has 9 nitrogen and oxygen atoms in total. The monoisotopic (exact) mass is 657 g/mol. The molecule has 2 aliphatic rings. The van der Waals surface area contributed by atoms with Crippen LogP contribution < -0.4 is 0 Å². The molecule has 0 bridgehead atoms. The van der Waals surface area contributed by atoms with Gasteiger partial charge in [0, 0.05) is 55.4 Å². The molecule has 1 saturated carbocycles. The highest BCUT2D eigenvalue weighted by Crippen LogP contribution is 2.39. The number of carbonyl (C=O) groups excluding carboxylic acids is 1. The van der Waals surface area contributed by atoms with E-state index in [9.17, 15) is 4.79 Å². The molecule has 2 unspecified atom stereocenters. The van der Waals surface area contributed by atoms with Crippen molar-refractivity contribution >= 4 is 33.1 Å². The van der Waals surface area contributed by atoms with Crippen molar-refractivity contribution in [1.29, 1.82) is 0 Å². The molecule has 3 aromatic rings. The first-order chi connectivity index (χ1) is 20.2. The number of ether oxygens (including phenoxy) is 1. The summed E-state index contributed by atoms with van der Waals surface area (Å²) in [5.74, 6) is -0.306. The average molecular weight is 659 g/mol. The van der Waals surface area contributed by atoms with Gasteiger partial charge >= 0.3 is 6.09 Å².